The highest BCUT2D eigenvalue weighted by Gasteiger charge is 2.11. The van der Waals surface area contributed by atoms with Crippen LogP contribution in [0.2, 0.25) is 0 Å². The van der Waals surface area contributed by atoms with E-state index in [-0.39, 0.29) is 5.91 Å². The molecule has 4 nitrogen and oxygen atoms in total. The SMILES string of the molecule is CCCOC(=O)c1cccc(C(=O)Nc2cccc(C)c2)c1. The maximum absolute atomic E-state index is 12.3. The maximum Gasteiger partial charge on any atom is 0.338 e. The Morgan fingerprint density at radius 2 is 1.77 bits per heavy atom. The number of carbonyl (C=O) groups is 2. The van der Waals surface area contributed by atoms with Gasteiger partial charge in [0.05, 0.1) is 12.2 Å². The van der Waals surface area contributed by atoms with E-state index in [2.05, 4.69) is 5.32 Å². The molecule has 0 saturated heterocycles. The summed E-state index contributed by atoms with van der Waals surface area (Å²) in [6.45, 7) is 4.26. The number of ether oxygens (including phenoxy) is 1. The third-order valence-electron chi connectivity index (χ3n) is 3.07. The number of anilines is 1. The Bertz CT molecular complexity index is 680. The van der Waals surface area contributed by atoms with Crippen molar-refractivity contribution >= 4 is 17.6 Å². The molecule has 1 amide bonds. The molecule has 1 N–H and O–H groups in total. The molecule has 0 unspecified atom stereocenters. The molecule has 0 radical (unpaired) electrons. The first-order valence-electron chi connectivity index (χ1n) is 7.25. The molecule has 0 heterocycles. The molecule has 0 saturated carbocycles. The van der Waals surface area contributed by atoms with Gasteiger partial charge in [-0.15, -0.1) is 0 Å². The number of nitrogens with one attached hydrogen (secondary N) is 1. The Balaban J connectivity index is 2.11. The first-order chi connectivity index (χ1) is 10.6. The first-order valence-corrected chi connectivity index (χ1v) is 7.25. The van der Waals surface area contributed by atoms with E-state index >= 15 is 0 Å². The van der Waals surface area contributed by atoms with Gasteiger partial charge in [-0.1, -0.05) is 25.1 Å². The number of hydrogen-bond donors (Lipinski definition) is 1. The molecule has 0 aliphatic heterocycles. The molecule has 4 heteroatoms. The van der Waals surface area contributed by atoms with E-state index in [0.29, 0.717) is 17.7 Å². The number of aryl methyl sites for hydroxylation is 1. The van der Waals surface area contributed by atoms with E-state index < -0.39 is 5.97 Å². The monoisotopic (exact) mass is 297 g/mol. The topological polar surface area (TPSA) is 55.4 Å². The summed E-state index contributed by atoms with van der Waals surface area (Å²) in [7, 11) is 0. The van der Waals surface area contributed by atoms with Crippen molar-refractivity contribution in [3.8, 4) is 0 Å². The molecule has 0 atom stereocenters. The van der Waals surface area contributed by atoms with Gasteiger partial charge in [-0.25, -0.2) is 4.79 Å². The highest BCUT2D eigenvalue weighted by Crippen LogP contribution is 2.13. The number of carbonyl (C=O) groups excluding carboxylic acids is 2. The van der Waals surface area contributed by atoms with Crippen molar-refractivity contribution in [1.82, 2.24) is 0 Å². The maximum atomic E-state index is 12.3. The smallest absolute Gasteiger partial charge is 0.338 e. The first kappa shape index (κ1) is 15.8. The van der Waals surface area contributed by atoms with Crippen LogP contribution in [-0.2, 0) is 4.74 Å². The highest BCUT2D eigenvalue weighted by molar-refractivity contribution is 6.05. The van der Waals surface area contributed by atoms with Gasteiger partial charge in [-0.2, -0.15) is 0 Å². The Labute approximate surface area is 130 Å². The second-order valence-corrected chi connectivity index (χ2v) is 5.04. The molecule has 2 rings (SSSR count). The normalized spacial score (nSPS) is 10.1. The van der Waals surface area contributed by atoms with Crippen molar-refractivity contribution in [2.45, 2.75) is 20.3 Å². The molecule has 0 fully saturated rings. The van der Waals surface area contributed by atoms with Gasteiger partial charge in [0.15, 0.2) is 0 Å². The van der Waals surface area contributed by atoms with Crippen LogP contribution in [0.4, 0.5) is 5.69 Å². The van der Waals surface area contributed by atoms with Crippen molar-refractivity contribution in [3.63, 3.8) is 0 Å². The lowest BCUT2D eigenvalue weighted by Crippen LogP contribution is -2.13. The fourth-order valence-corrected chi connectivity index (χ4v) is 1.99. The summed E-state index contributed by atoms with van der Waals surface area (Å²) in [5.41, 5.74) is 2.59. The number of rotatable bonds is 5. The molecule has 0 bridgehead atoms. The quantitative estimate of drug-likeness (QED) is 0.854. The van der Waals surface area contributed by atoms with Crippen LogP contribution in [0.5, 0.6) is 0 Å². The number of esters is 1. The van der Waals surface area contributed by atoms with Crippen LogP contribution in [-0.4, -0.2) is 18.5 Å². The van der Waals surface area contributed by atoms with E-state index in [0.717, 1.165) is 17.7 Å². The van der Waals surface area contributed by atoms with Crippen molar-refractivity contribution in [1.29, 1.82) is 0 Å². The predicted octanol–water partition coefficient (Wildman–Crippen LogP) is 3.81. The predicted molar refractivity (Wildman–Crippen MR) is 86.1 cm³/mol. The van der Waals surface area contributed by atoms with Crippen molar-refractivity contribution < 1.29 is 14.3 Å². The van der Waals surface area contributed by atoms with E-state index in [1.807, 2.05) is 38.1 Å². The van der Waals surface area contributed by atoms with Gasteiger partial charge in [0.1, 0.15) is 0 Å². The Kier molecular flexibility index (Phi) is 5.31. The molecule has 2 aromatic rings. The van der Waals surface area contributed by atoms with Gasteiger partial charge >= 0.3 is 5.97 Å². The number of benzene rings is 2. The van der Waals surface area contributed by atoms with Crippen LogP contribution in [0, 0.1) is 6.92 Å². The average Bonchev–Trinajstić information content (AvgIpc) is 2.52. The van der Waals surface area contributed by atoms with Gasteiger partial charge < -0.3 is 10.1 Å². The lowest BCUT2D eigenvalue weighted by molar-refractivity contribution is 0.0505. The van der Waals surface area contributed by atoms with Crippen LogP contribution in [0.3, 0.4) is 0 Å². The zero-order chi connectivity index (χ0) is 15.9. The highest BCUT2D eigenvalue weighted by atomic mass is 16.5. The Hall–Kier alpha value is -2.62. The summed E-state index contributed by atoms with van der Waals surface area (Å²) in [4.78, 5) is 24.1. The summed E-state index contributed by atoms with van der Waals surface area (Å²) in [5, 5.41) is 2.82. The molecule has 0 aliphatic carbocycles. The molecule has 114 valence electrons. The van der Waals surface area contributed by atoms with Gasteiger partial charge in [0.2, 0.25) is 0 Å². The summed E-state index contributed by atoms with van der Waals surface area (Å²) in [6, 6.07) is 14.1. The summed E-state index contributed by atoms with van der Waals surface area (Å²) < 4.78 is 5.08. The molecular weight excluding hydrogens is 278 g/mol. The van der Waals surface area contributed by atoms with Crippen molar-refractivity contribution in [2.24, 2.45) is 0 Å². The van der Waals surface area contributed by atoms with E-state index in [9.17, 15) is 9.59 Å². The fraction of sp³-hybridized carbons (Fsp3) is 0.222. The zero-order valence-corrected chi connectivity index (χ0v) is 12.8. The molecule has 2 aromatic carbocycles. The minimum Gasteiger partial charge on any atom is -0.462 e. The minimum absolute atomic E-state index is 0.254. The van der Waals surface area contributed by atoms with Crippen molar-refractivity contribution in [3.05, 3.63) is 65.2 Å². The number of hydrogen-bond acceptors (Lipinski definition) is 3. The third-order valence-corrected chi connectivity index (χ3v) is 3.07. The largest absolute Gasteiger partial charge is 0.462 e. The van der Waals surface area contributed by atoms with E-state index in [1.54, 1.807) is 24.3 Å². The molecular formula is C18H19NO3. The van der Waals surface area contributed by atoms with Gasteiger partial charge in [0.25, 0.3) is 5.91 Å². The molecule has 0 aliphatic rings. The van der Waals surface area contributed by atoms with Crippen LogP contribution in [0.15, 0.2) is 48.5 Å². The van der Waals surface area contributed by atoms with Gasteiger partial charge in [-0.05, 0) is 49.2 Å². The van der Waals surface area contributed by atoms with Crippen LogP contribution in [0.1, 0.15) is 39.6 Å². The van der Waals surface area contributed by atoms with Crippen molar-refractivity contribution in [2.75, 3.05) is 11.9 Å². The summed E-state index contributed by atoms with van der Waals surface area (Å²) in [5.74, 6) is -0.664. The minimum atomic E-state index is -0.410. The zero-order valence-electron chi connectivity index (χ0n) is 12.8. The lowest BCUT2D eigenvalue weighted by atomic mass is 10.1. The van der Waals surface area contributed by atoms with E-state index in [1.165, 1.54) is 0 Å². The molecule has 0 aromatic heterocycles. The standard InChI is InChI=1S/C18H19NO3/c1-3-10-22-18(21)15-8-5-7-14(12-15)17(20)19-16-9-4-6-13(2)11-16/h4-9,11-12H,3,10H2,1-2H3,(H,19,20). The summed E-state index contributed by atoms with van der Waals surface area (Å²) in [6.07, 6.45) is 0.763. The van der Waals surface area contributed by atoms with Crippen LogP contribution >= 0.6 is 0 Å². The number of amides is 1. The fourth-order valence-electron chi connectivity index (χ4n) is 1.99. The lowest BCUT2D eigenvalue weighted by Gasteiger charge is -2.08. The second kappa shape index (κ2) is 7.41. The average molecular weight is 297 g/mol. The molecule has 22 heavy (non-hydrogen) atoms. The second-order valence-electron chi connectivity index (χ2n) is 5.04. The summed E-state index contributed by atoms with van der Waals surface area (Å²) >= 11 is 0. The Morgan fingerprint density at radius 1 is 1.05 bits per heavy atom. The van der Waals surface area contributed by atoms with E-state index in [4.69, 9.17) is 4.74 Å². The van der Waals surface area contributed by atoms with Crippen LogP contribution < -0.4 is 5.32 Å². The Morgan fingerprint density at radius 3 is 2.50 bits per heavy atom. The van der Waals surface area contributed by atoms with Crippen LogP contribution in [0.25, 0.3) is 0 Å². The third kappa shape index (κ3) is 4.19. The molecule has 0 spiro atoms. The van der Waals surface area contributed by atoms with Gasteiger partial charge in [-0.3, -0.25) is 4.79 Å². The van der Waals surface area contributed by atoms with Gasteiger partial charge in [0, 0.05) is 11.3 Å².